The van der Waals surface area contributed by atoms with E-state index in [1.807, 2.05) is 0 Å². The average molecular weight is 254 g/mol. The normalized spacial score (nSPS) is 15.1. The fourth-order valence-electron chi connectivity index (χ4n) is 1.11. The smallest absolute Gasteiger partial charge is 0.331 e. The topological polar surface area (TPSA) is 81.1 Å². The first kappa shape index (κ1) is 12.9. The van der Waals surface area contributed by atoms with Crippen molar-refractivity contribution in [2.45, 2.75) is 24.4 Å². The van der Waals surface area contributed by atoms with Crippen LogP contribution in [0.3, 0.4) is 0 Å². The molecule has 1 unspecified atom stereocenters. The quantitative estimate of drug-likeness (QED) is 0.756. The van der Waals surface area contributed by atoms with E-state index in [1.165, 1.54) is 17.1 Å². The van der Waals surface area contributed by atoms with Crippen molar-refractivity contribution >= 4 is 17.6 Å². The van der Waals surface area contributed by atoms with Gasteiger partial charge in [0, 0.05) is 6.20 Å². The maximum Gasteiger partial charge on any atom is 0.331 e. The number of imidazole rings is 1. The molecule has 8 heteroatoms. The molecule has 1 aromatic rings. The van der Waals surface area contributed by atoms with Crippen LogP contribution < -0.4 is 5.73 Å². The number of rotatable bonds is 5. The summed E-state index contributed by atoms with van der Waals surface area (Å²) in [6, 6.07) is 0. The number of carboxylic acid groups (broad SMARTS) is 1. The summed E-state index contributed by atoms with van der Waals surface area (Å²) in [5, 5.41) is 8.69. The van der Waals surface area contributed by atoms with Crippen molar-refractivity contribution in [2.75, 3.05) is 0 Å². The van der Waals surface area contributed by atoms with Crippen LogP contribution in [0.5, 0.6) is 0 Å². The monoisotopic (exact) mass is 253 g/mol. The van der Waals surface area contributed by atoms with E-state index in [-0.39, 0.29) is 5.88 Å². The van der Waals surface area contributed by atoms with E-state index in [4.69, 9.17) is 22.4 Å². The number of aromatic nitrogens is 2. The molecule has 3 N–H and O–H groups in total. The third kappa shape index (κ3) is 2.30. The van der Waals surface area contributed by atoms with Crippen molar-refractivity contribution < 1.29 is 18.7 Å². The van der Waals surface area contributed by atoms with Crippen molar-refractivity contribution in [3.63, 3.8) is 0 Å². The summed E-state index contributed by atoms with van der Waals surface area (Å²) >= 11 is 5.52. The van der Waals surface area contributed by atoms with Crippen molar-refractivity contribution in [3.05, 3.63) is 18.2 Å². The van der Waals surface area contributed by atoms with Crippen LogP contribution in [0, 0.1) is 0 Å². The maximum absolute atomic E-state index is 12.6. The Morgan fingerprint density at radius 3 is 2.81 bits per heavy atom. The van der Waals surface area contributed by atoms with Gasteiger partial charge in [0.1, 0.15) is 0 Å². The number of aliphatic carboxylic acids is 1. The van der Waals surface area contributed by atoms with Gasteiger partial charge >= 0.3 is 5.97 Å². The molecule has 0 spiro atoms. The molecule has 1 rings (SSSR count). The largest absolute Gasteiger partial charge is 0.480 e. The molecule has 0 aromatic carbocycles. The molecule has 1 aromatic heterocycles. The summed E-state index contributed by atoms with van der Waals surface area (Å²) in [5.41, 5.74) is 2.95. The van der Waals surface area contributed by atoms with Crippen molar-refractivity contribution in [1.82, 2.24) is 9.55 Å². The van der Waals surface area contributed by atoms with Crippen LogP contribution in [-0.2, 0) is 17.2 Å². The van der Waals surface area contributed by atoms with Gasteiger partial charge in [-0.1, -0.05) is 0 Å². The number of alkyl halides is 3. The number of hydrogen-bond donors (Lipinski definition) is 2. The Morgan fingerprint density at radius 2 is 2.38 bits per heavy atom. The van der Waals surface area contributed by atoms with E-state index in [9.17, 15) is 13.6 Å². The molecule has 0 saturated heterocycles. The predicted octanol–water partition coefficient (Wildman–Crippen LogP) is 0.669. The fourth-order valence-corrected chi connectivity index (χ4v) is 1.34. The number of halogens is 3. The Bertz CT molecular complexity index is 385. The van der Waals surface area contributed by atoms with E-state index < -0.39 is 24.5 Å². The van der Waals surface area contributed by atoms with Gasteiger partial charge in [0.2, 0.25) is 0 Å². The van der Waals surface area contributed by atoms with Crippen LogP contribution in [0.4, 0.5) is 8.78 Å². The van der Waals surface area contributed by atoms with Crippen molar-refractivity contribution in [1.29, 1.82) is 0 Å². The molecule has 0 aliphatic heterocycles. The van der Waals surface area contributed by atoms with Crippen LogP contribution in [0.1, 0.15) is 5.69 Å². The van der Waals surface area contributed by atoms with Gasteiger partial charge in [-0.05, 0) is 0 Å². The first-order valence-electron chi connectivity index (χ1n) is 4.27. The molecule has 0 radical (unpaired) electrons. The average Bonchev–Trinajstić information content (AvgIpc) is 2.64. The minimum Gasteiger partial charge on any atom is -0.480 e. The van der Waals surface area contributed by atoms with E-state index in [0.717, 1.165) is 0 Å². The van der Waals surface area contributed by atoms with E-state index in [2.05, 4.69) is 4.98 Å². The highest BCUT2D eigenvalue weighted by Crippen LogP contribution is 2.17. The molecule has 1 heterocycles. The van der Waals surface area contributed by atoms with Crippen LogP contribution in [0.15, 0.2) is 12.5 Å². The molecular weight excluding hydrogens is 244 g/mol. The zero-order valence-corrected chi connectivity index (χ0v) is 8.86. The van der Waals surface area contributed by atoms with Gasteiger partial charge in [0.05, 0.1) is 24.4 Å². The SMILES string of the molecule is NC(Cn1cncc1CCl)(C(=O)O)C(F)F. The number of carboxylic acids is 1. The lowest BCUT2D eigenvalue weighted by Gasteiger charge is -2.24. The number of carbonyl (C=O) groups is 1. The second-order valence-electron chi connectivity index (χ2n) is 3.29. The summed E-state index contributed by atoms with van der Waals surface area (Å²) in [4.78, 5) is 14.4. The Hall–Kier alpha value is -1.21. The third-order valence-corrected chi connectivity index (χ3v) is 2.43. The van der Waals surface area contributed by atoms with Crippen molar-refractivity contribution in [2.24, 2.45) is 5.73 Å². The standard InChI is InChI=1S/C8H10ClF2N3O2/c9-1-5-2-13-4-14(5)3-8(12,6(10)11)7(15)16/h2,4,6H,1,3,12H2,(H,15,16). The van der Waals surface area contributed by atoms with Crippen LogP contribution in [-0.4, -0.2) is 32.6 Å². The Morgan fingerprint density at radius 1 is 1.75 bits per heavy atom. The van der Waals surface area contributed by atoms with E-state index >= 15 is 0 Å². The molecule has 1 atom stereocenters. The van der Waals surface area contributed by atoms with Gasteiger partial charge in [-0.2, -0.15) is 0 Å². The lowest BCUT2D eigenvalue weighted by Crippen LogP contribution is -2.57. The van der Waals surface area contributed by atoms with E-state index in [1.54, 1.807) is 0 Å². The lowest BCUT2D eigenvalue weighted by molar-refractivity contribution is -0.150. The summed E-state index contributed by atoms with van der Waals surface area (Å²) < 4.78 is 26.4. The highest BCUT2D eigenvalue weighted by Gasteiger charge is 2.44. The third-order valence-electron chi connectivity index (χ3n) is 2.15. The van der Waals surface area contributed by atoms with Gasteiger partial charge < -0.3 is 15.4 Å². The van der Waals surface area contributed by atoms with Gasteiger partial charge in [-0.25, -0.2) is 18.6 Å². The Kier molecular flexibility index (Phi) is 3.82. The maximum atomic E-state index is 12.6. The molecule has 0 bridgehead atoms. The Labute approximate surface area is 94.8 Å². The fraction of sp³-hybridized carbons (Fsp3) is 0.500. The molecule has 0 fully saturated rings. The second kappa shape index (κ2) is 4.75. The molecule has 5 nitrogen and oxygen atoms in total. The zero-order valence-electron chi connectivity index (χ0n) is 8.11. The Balaban J connectivity index is 2.97. The number of hydrogen-bond acceptors (Lipinski definition) is 3. The summed E-state index contributed by atoms with van der Waals surface area (Å²) in [6.07, 6.45) is -0.610. The van der Waals surface area contributed by atoms with Crippen LogP contribution in [0.2, 0.25) is 0 Å². The highest BCUT2D eigenvalue weighted by molar-refractivity contribution is 6.16. The van der Waals surface area contributed by atoms with Crippen molar-refractivity contribution in [3.8, 4) is 0 Å². The van der Waals surface area contributed by atoms with Gasteiger partial charge in [-0.15, -0.1) is 11.6 Å². The molecule has 0 aliphatic carbocycles. The molecular formula is C8H10ClF2N3O2. The minimum absolute atomic E-state index is 0.0406. The first-order valence-corrected chi connectivity index (χ1v) is 4.80. The van der Waals surface area contributed by atoms with Gasteiger partial charge in [0.25, 0.3) is 6.43 Å². The van der Waals surface area contributed by atoms with E-state index in [0.29, 0.717) is 5.69 Å². The van der Waals surface area contributed by atoms with Gasteiger partial charge in [-0.3, -0.25) is 0 Å². The molecule has 90 valence electrons. The molecule has 0 saturated carbocycles. The highest BCUT2D eigenvalue weighted by atomic mass is 35.5. The molecule has 0 aliphatic rings. The predicted molar refractivity (Wildman–Crippen MR) is 52.3 cm³/mol. The summed E-state index contributed by atoms with van der Waals surface area (Å²) in [7, 11) is 0. The minimum atomic E-state index is -3.18. The second-order valence-corrected chi connectivity index (χ2v) is 3.56. The summed E-state index contributed by atoms with van der Waals surface area (Å²) in [5.74, 6) is -1.73. The first-order chi connectivity index (χ1) is 7.41. The molecule has 0 amide bonds. The zero-order chi connectivity index (χ0) is 12.3. The summed E-state index contributed by atoms with van der Waals surface area (Å²) in [6.45, 7) is -0.581. The number of nitrogens with two attached hydrogens (primary N) is 1. The molecule has 16 heavy (non-hydrogen) atoms. The van der Waals surface area contributed by atoms with Crippen LogP contribution in [0.25, 0.3) is 0 Å². The lowest BCUT2D eigenvalue weighted by atomic mass is 10.0. The van der Waals surface area contributed by atoms with Crippen LogP contribution >= 0.6 is 11.6 Å². The number of nitrogens with zero attached hydrogens (tertiary/aromatic N) is 2. The van der Waals surface area contributed by atoms with Gasteiger partial charge in [0.15, 0.2) is 5.54 Å².